The number of benzene rings is 1. The first-order valence-electron chi connectivity index (χ1n) is 12.7. The van der Waals surface area contributed by atoms with Crippen molar-refractivity contribution in [1.82, 2.24) is 0 Å². The Morgan fingerprint density at radius 2 is 1.56 bits per heavy atom. The molecule has 0 bridgehead atoms. The van der Waals surface area contributed by atoms with E-state index in [1.54, 1.807) is 11.8 Å². The van der Waals surface area contributed by atoms with Crippen molar-refractivity contribution in [3.8, 4) is 0 Å². The van der Waals surface area contributed by atoms with E-state index in [9.17, 15) is 9.59 Å². The van der Waals surface area contributed by atoms with E-state index in [0.29, 0.717) is 23.3 Å². The summed E-state index contributed by atoms with van der Waals surface area (Å²) in [4.78, 5) is 27.4. The molecule has 5 heteroatoms. The van der Waals surface area contributed by atoms with Gasteiger partial charge in [-0.15, -0.1) is 11.8 Å². The molecule has 1 saturated heterocycles. The maximum absolute atomic E-state index is 13.2. The Bertz CT molecular complexity index is 706. The van der Waals surface area contributed by atoms with E-state index in [1.807, 2.05) is 31.2 Å². The largest absolute Gasteiger partial charge is 0.274 e. The van der Waals surface area contributed by atoms with Crippen molar-refractivity contribution in [2.24, 2.45) is 0 Å². The molecule has 1 heterocycles. The van der Waals surface area contributed by atoms with Crippen molar-refractivity contribution >= 4 is 37.1 Å². The summed E-state index contributed by atoms with van der Waals surface area (Å²) in [5.41, 5.74) is 1.89. The molecular formula is C27H42BNO2S. The average molecular weight is 456 g/mol. The Morgan fingerprint density at radius 1 is 0.969 bits per heavy atom. The summed E-state index contributed by atoms with van der Waals surface area (Å²) in [6.07, 6.45) is 12.2. The number of amides is 2. The van der Waals surface area contributed by atoms with Gasteiger partial charge in [0.1, 0.15) is 0 Å². The minimum Gasteiger partial charge on any atom is -0.274 e. The summed E-state index contributed by atoms with van der Waals surface area (Å²) in [6, 6.07) is 7.90. The summed E-state index contributed by atoms with van der Waals surface area (Å²) in [6.45, 7) is 8.64. The van der Waals surface area contributed by atoms with E-state index >= 15 is 0 Å². The minimum absolute atomic E-state index is 0.0366. The van der Waals surface area contributed by atoms with Gasteiger partial charge in [0.05, 0.1) is 18.8 Å². The Kier molecular flexibility index (Phi) is 11.9. The van der Waals surface area contributed by atoms with E-state index in [0.717, 1.165) is 19.3 Å². The van der Waals surface area contributed by atoms with Crippen LogP contribution in [-0.2, 0) is 9.59 Å². The van der Waals surface area contributed by atoms with Crippen LogP contribution in [-0.4, -0.2) is 30.2 Å². The van der Waals surface area contributed by atoms with Crippen LogP contribution in [0.1, 0.15) is 110 Å². The lowest BCUT2D eigenvalue weighted by Crippen LogP contribution is -2.31. The summed E-state index contributed by atoms with van der Waals surface area (Å²) in [5, 5.41) is 0.235. The zero-order chi connectivity index (χ0) is 23.5. The highest BCUT2D eigenvalue weighted by molar-refractivity contribution is 8.01. The smallest absolute Gasteiger partial charge is 0.247 e. The van der Waals surface area contributed by atoms with E-state index < -0.39 is 0 Å². The van der Waals surface area contributed by atoms with Gasteiger partial charge in [0, 0.05) is 11.7 Å². The molecule has 1 fully saturated rings. The quantitative estimate of drug-likeness (QED) is 0.157. The number of carbonyl (C=O) groups is 2. The van der Waals surface area contributed by atoms with Gasteiger partial charge in [0.2, 0.25) is 11.8 Å². The number of unbranched alkanes of at least 4 members (excludes halogenated alkanes) is 5. The Labute approximate surface area is 201 Å². The highest BCUT2D eigenvalue weighted by Crippen LogP contribution is 2.36. The van der Waals surface area contributed by atoms with E-state index in [4.69, 9.17) is 7.85 Å². The molecule has 2 amide bonds. The number of thioether (sulfide) groups is 1. The number of anilines is 1. The van der Waals surface area contributed by atoms with Gasteiger partial charge >= 0.3 is 0 Å². The molecule has 0 saturated carbocycles. The number of hydrogen-bond donors (Lipinski definition) is 0. The van der Waals surface area contributed by atoms with Gasteiger partial charge in [-0.1, -0.05) is 97.0 Å². The third-order valence-corrected chi connectivity index (χ3v) is 7.97. The van der Waals surface area contributed by atoms with Crippen LogP contribution in [0.5, 0.6) is 0 Å². The molecule has 0 aliphatic carbocycles. The predicted octanol–water partition coefficient (Wildman–Crippen LogP) is 7.44. The van der Waals surface area contributed by atoms with Crippen LogP contribution in [0.2, 0.25) is 5.82 Å². The van der Waals surface area contributed by atoms with Crippen LogP contribution in [0.25, 0.3) is 0 Å². The lowest BCUT2D eigenvalue weighted by molar-refractivity contribution is -0.121. The zero-order valence-electron chi connectivity index (χ0n) is 20.6. The maximum atomic E-state index is 13.2. The Morgan fingerprint density at radius 3 is 2.16 bits per heavy atom. The van der Waals surface area contributed by atoms with E-state index in [1.165, 1.54) is 55.4 Å². The van der Waals surface area contributed by atoms with Crippen molar-refractivity contribution in [3.63, 3.8) is 0 Å². The lowest BCUT2D eigenvalue weighted by Gasteiger charge is -2.21. The summed E-state index contributed by atoms with van der Waals surface area (Å²) < 4.78 is 0. The van der Waals surface area contributed by atoms with E-state index in [-0.39, 0.29) is 22.9 Å². The SMILES string of the molecule is [B]C(C)CC(C)c1ccc(N2C(=O)CC(SC(CCCCC)CCCCCC)C2=O)cc1. The second kappa shape index (κ2) is 14.1. The second-order valence-electron chi connectivity index (χ2n) is 9.57. The summed E-state index contributed by atoms with van der Waals surface area (Å²) in [5.74, 6) is 0.401. The molecule has 3 nitrogen and oxygen atoms in total. The fourth-order valence-electron chi connectivity index (χ4n) is 4.56. The number of hydrogen-bond acceptors (Lipinski definition) is 3. The maximum Gasteiger partial charge on any atom is 0.247 e. The van der Waals surface area contributed by atoms with Crippen LogP contribution >= 0.6 is 11.8 Å². The van der Waals surface area contributed by atoms with E-state index in [2.05, 4.69) is 20.8 Å². The van der Waals surface area contributed by atoms with Gasteiger partial charge < -0.3 is 0 Å². The van der Waals surface area contributed by atoms with Crippen molar-refractivity contribution in [3.05, 3.63) is 29.8 Å². The fourth-order valence-corrected chi connectivity index (χ4v) is 6.09. The standard InChI is InChI=1S/C27H42BNO2S/c1-5-7-9-11-13-24(12-10-8-6-2)32-25-19-26(30)29(27(25)31)23-16-14-22(15-17-23)20(3)18-21(4)28/h14-17,20-21,24-25H,5-13,18-19H2,1-4H3. The van der Waals surface area contributed by atoms with Crippen LogP contribution in [0.3, 0.4) is 0 Å². The molecule has 32 heavy (non-hydrogen) atoms. The Hall–Kier alpha value is -1.23. The topological polar surface area (TPSA) is 37.4 Å². The van der Waals surface area contributed by atoms with Crippen LogP contribution in [0.4, 0.5) is 5.69 Å². The molecule has 0 aromatic heterocycles. The second-order valence-corrected chi connectivity index (χ2v) is 11.1. The molecule has 1 aromatic rings. The van der Waals surface area contributed by atoms with Gasteiger partial charge in [0.25, 0.3) is 0 Å². The van der Waals surface area contributed by atoms with Crippen molar-refractivity contribution in [2.45, 2.75) is 121 Å². The molecule has 176 valence electrons. The molecule has 4 atom stereocenters. The molecule has 1 aliphatic rings. The molecule has 0 N–H and O–H groups in total. The molecular weight excluding hydrogens is 413 g/mol. The number of carbonyl (C=O) groups excluding carboxylic acids is 2. The predicted molar refractivity (Wildman–Crippen MR) is 140 cm³/mol. The summed E-state index contributed by atoms with van der Waals surface area (Å²) >= 11 is 1.76. The van der Waals surface area contributed by atoms with Crippen LogP contribution < -0.4 is 4.90 Å². The minimum atomic E-state index is -0.239. The van der Waals surface area contributed by atoms with Crippen molar-refractivity contribution < 1.29 is 9.59 Å². The lowest BCUT2D eigenvalue weighted by atomic mass is 9.80. The first-order chi connectivity index (χ1) is 15.4. The highest BCUT2D eigenvalue weighted by Gasteiger charge is 2.40. The number of nitrogens with zero attached hydrogens (tertiary/aromatic N) is 1. The van der Waals surface area contributed by atoms with Gasteiger partial charge in [-0.3, -0.25) is 9.59 Å². The van der Waals surface area contributed by atoms with Gasteiger partial charge in [0.15, 0.2) is 0 Å². The van der Waals surface area contributed by atoms with Gasteiger partial charge in [-0.25, -0.2) is 4.90 Å². The first-order valence-corrected chi connectivity index (χ1v) is 13.7. The summed E-state index contributed by atoms with van der Waals surface area (Å²) in [7, 11) is 5.94. The third kappa shape index (κ3) is 8.28. The van der Waals surface area contributed by atoms with Crippen molar-refractivity contribution in [2.75, 3.05) is 4.90 Å². The number of rotatable bonds is 15. The molecule has 2 rings (SSSR count). The third-order valence-electron chi connectivity index (χ3n) is 6.42. The average Bonchev–Trinajstić information content (AvgIpc) is 3.03. The number of imide groups is 1. The zero-order valence-corrected chi connectivity index (χ0v) is 21.5. The van der Waals surface area contributed by atoms with Crippen LogP contribution in [0.15, 0.2) is 24.3 Å². The van der Waals surface area contributed by atoms with Crippen LogP contribution in [0, 0.1) is 0 Å². The van der Waals surface area contributed by atoms with Crippen molar-refractivity contribution in [1.29, 1.82) is 0 Å². The van der Waals surface area contributed by atoms with Gasteiger partial charge in [-0.05, 0) is 36.5 Å². The molecule has 2 radical (unpaired) electrons. The normalized spacial score (nSPS) is 19.4. The van der Waals surface area contributed by atoms with Gasteiger partial charge in [-0.2, -0.15) is 0 Å². The monoisotopic (exact) mass is 455 g/mol. The molecule has 1 aliphatic heterocycles. The molecule has 0 spiro atoms. The molecule has 1 aromatic carbocycles. The Balaban J connectivity index is 2.01. The fraction of sp³-hybridized carbons (Fsp3) is 0.704. The highest BCUT2D eigenvalue weighted by atomic mass is 32.2. The first kappa shape index (κ1) is 27.0. The molecule has 4 unspecified atom stereocenters.